The lowest BCUT2D eigenvalue weighted by Gasteiger charge is -2.31. The van der Waals surface area contributed by atoms with Crippen LogP contribution in [0.1, 0.15) is 40.7 Å². The topological polar surface area (TPSA) is 85.7 Å². The molecule has 1 atom stereocenters. The average molecular weight is 495 g/mol. The SMILES string of the molecule is COc1ccc(C2Cn3cnc(C(=O)N4CCC(C(=O)Nc5cccc(Cl)c5)CC4)c3CO2)cc1. The van der Waals surface area contributed by atoms with Gasteiger partial charge in [-0.3, -0.25) is 9.59 Å². The van der Waals surface area contributed by atoms with Crippen LogP contribution in [0.4, 0.5) is 5.69 Å². The number of hydrogen-bond acceptors (Lipinski definition) is 5. The van der Waals surface area contributed by atoms with Crippen molar-refractivity contribution in [2.75, 3.05) is 25.5 Å². The van der Waals surface area contributed by atoms with Crippen LogP contribution in [0.5, 0.6) is 5.75 Å². The summed E-state index contributed by atoms with van der Waals surface area (Å²) in [6, 6.07) is 14.9. The van der Waals surface area contributed by atoms with Gasteiger partial charge >= 0.3 is 0 Å². The van der Waals surface area contributed by atoms with Crippen molar-refractivity contribution in [2.45, 2.75) is 32.1 Å². The van der Waals surface area contributed by atoms with Crippen molar-refractivity contribution in [3.8, 4) is 5.75 Å². The lowest BCUT2D eigenvalue weighted by Crippen LogP contribution is -2.42. The van der Waals surface area contributed by atoms with E-state index >= 15 is 0 Å². The Morgan fingerprint density at radius 2 is 1.91 bits per heavy atom. The maximum absolute atomic E-state index is 13.2. The molecular formula is C26H27ClN4O4. The number of anilines is 1. The van der Waals surface area contributed by atoms with E-state index in [-0.39, 0.29) is 23.8 Å². The monoisotopic (exact) mass is 494 g/mol. The van der Waals surface area contributed by atoms with Crippen LogP contribution in [-0.2, 0) is 22.7 Å². The van der Waals surface area contributed by atoms with Crippen LogP contribution >= 0.6 is 11.6 Å². The lowest BCUT2D eigenvalue weighted by atomic mass is 9.95. The van der Waals surface area contributed by atoms with E-state index in [0.717, 1.165) is 17.0 Å². The van der Waals surface area contributed by atoms with Gasteiger partial charge in [-0.05, 0) is 48.7 Å². The quantitative estimate of drug-likeness (QED) is 0.571. The van der Waals surface area contributed by atoms with Crippen LogP contribution < -0.4 is 10.1 Å². The second kappa shape index (κ2) is 10.1. The molecule has 3 aromatic rings. The normalized spacial score (nSPS) is 18.1. The highest BCUT2D eigenvalue weighted by atomic mass is 35.5. The fraction of sp³-hybridized carbons (Fsp3) is 0.346. The molecule has 8 nitrogen and oxygen atoms in total. The Balaban J connectivity index is 1.18. The minimum absolute atomic E-state index is 0.0447. The van der Waals surface area contributed by atoms with Gasteiger partial charge < -0.3 is 24.3 Å². The summed E-state index contributed by atoms with van der Waals surface area (Å²) in [7, 11) is 1.64. The molecule has 0 radical (unpaired) electrons. The summed E-state index contributed by atoms with van der Waals surface area (Å²) in [6.07, 6.45) is 2.81. The predicted molar refractivity (Wildman–Crippen MR) is 131 cm³/mol. The highest BCUT2D eigenvalue weighted by molar-refractivity contribution is 6.30. The average Bonchev–Trinajstić information content (AvgIpc) is 3.32. The van der Waals surface area contributed by atoms with Gasteiger partial charge in [0.05, 0.1) is 32.3 Å². The molecule has 0 saturated carbocycles. The molecule has 3 heterocycles. The number of imidazole rings is 1. The van der Waals surface area contributed by atoms with Crippen LogP contribution in [0.3, 0.4) is 0 Å². The summed E-state index contributed by atoms with van der Waals surface area (Å²) in [5.41, 5.74) is 2.95. The molecule has 35 heavy (non-hydrogen) atoms. The van der Waals surface area contributed by atoms with Crippen LogP contribution in [-0.4, -0.2) is 46.5 Å². The van der Waals surface area contributed by atoms with Crippen molar-refractivity contribution in [1.82, 2.24) is 14.5 Å². The zero-order valence-electron chi connectivity index (χ0n) is 19.4. The molecule has 2 aliphatic heterocycles. The van der Waals surface area contributed by atoms with Crippen molar-refractivity contribution in [3.63, 3.8) is 0 Å². The van der Waals surface area contributed by atoms with Crippen molar-refractivity contribution in [2.24, 2.45) is 5.92 Å². The molecule has 182 valence electrons. The number of ether oxygens (including phenoxy) is 2. The number of hydrogen-bond donors (Lipinski definition) is 1. The second-order valence-electron chi connectivity index (χ2n) is 8.83. The van der Waals surface area contributed by atoms with E-state index in [0.29, 0.717) is 55.5 Å². The van der Waals surface area contributed by atoms with E-state index in [1.807, 2.05) is 34.9 Å². The number of rotatable bonds is 5. The second-order valence-corrected chi connectivity index (χ2v) is 9.27. The highest BCUT2D eigenvalue weighted by Crippen LogP contribution is 2.30. The predicted octanol–water partition coefficient (Wildman–Crippen LogP) is 4.31. The van der Waals surface area contributed by atoms with Gasteiger partial charge in [-0.1, -0.05) is 29.8 Å². The van der Waals surface area contributed by atoms with Crippen molar-refractivity contribution >= 4 is 29.1 Å². The first-order chi connectivity index (χ1) is 17.0. The molecule has 1 fully saturated rings. The van der Waals surface area contributed by atoms with E-state index in [1.165, 1.54) is 0 Å². The van der Waals surface area contributed by atoms with E-state index in [4.69, 9.17) is 21.1 Å². The zero-order chi connectivity index (χ0) is 24.4. The molecule has 5 rings (SSSR count). The van der Waals surface area contributed by atoms with Gasteiger partial charge in [0.2, 0.25) is 5.91 Å². The van der Waals surface area contributed by atoms with Crippen LogP contribution in [0.25, 0.3) is 0 Å². The van der Waals surface area contributed by atoms with Gasteiger partial charge in [0, 0.05) is 29.7 Å². The summed E-state index contributed by atoms with van der Waals surface area (Å²) in [6.45, 7) is 1.92. The fourth-order valence-corrected chi connectivity index (χ4v) is 4.82. The first-order valence-electron chi connectivity index (χ1n) is 11.7. The number of nitrogens with zero attached hydrogens (tertiary/aromatic N) is 3. The third-order valence-corrected chi connectivity index (χ3v) is 6.90. The van der Waals surface area contributed by atoms with Crippen LogP contribution in [0, 0.1) is 5.92 Å². The highest BCUT2D eigenvalue weighted by Gasteiger charge is 2.32. The number of carbonyl (C=O) groups excluding carboxylic acids is 2. The number of likely N-dealkylation sites (tertiary alicyclic amines) is 1. The molecule has 1 aromatic heterocycles. The molecule has 2 amide bonds. The molecule has 0 spiro atoms. The van der Waals surface area contributed by atoms with Gasteiger partial charge in [0.25, 0.3) is 5.91 Å². The number of piperidine rings is 1. The number of fused-ring (bicyclic) bond motifs is 1. The largest absolute Gasteiger partial charge is 0.497 e. The molecule has 0 bridgehead atoms. The molecule has 1 saturated heterocycles. The minimum Gasteiger partial charge on any atom is -0.497 e. The number of carbonyl (C=O) groups is 2. The van der Waals surface area contributed by atoms with Crippen molar-refractivity contribution in [3.05, 3.63) is 76.8 Å². The van der Waals surface area contributed by atoms with E-state index in [9.17, 15) is 9.59 Å². The number of methoxy groups -OCH3 is 1. The summed E-state index contributed by atoms with van der Waals surface area (Å²) in [5, 5.41) is 3.50. The minimum atomic E-state index is -0.150. The van der Waals surface area contributed by atoms with E-state index < -0.39 is 0 Å². The molecule has 1 unspecified atom stereocenters. The smallest absolute Gasteiger partial charge is 0.274 e. The number of halogens is 1. The summed E-state index contributed by atoms with van der Waals surface area (Å²) < 4.78 is 13.3. The van der Waals surface area contributed by atoms with Gasteiger partial charge in [-0.2, -0.15) is 0 Å². The standard InChI is InChI=1S/C26H27ClN4O4/c1-34-21-7-5-17(6-8-21)23-14-31-16-28-24(22(31)15-35-23)26(33)30-11-9-18(10-12-30)25(32)29-20-4-2-3-19(27)13-20/h2-8,13,16,18,23H,9-12,14-15H2,1H3,(H,29,32). The number of benzene rings is 2. The van der Waals surface area contributed by atoms with Crippen molar-refractivity contribution < 1.29 is 19.1 Å². The van der Waals surface area contributed by atoms with Crippen molar-refractivity contribution in [1.29, 1.82) is 0 Å². The fourth-order valence-electron chi connectivity index (χ4n) is 4.63. The van der Waals surface area contributed by atoms with Crippen LogP contribution in [0.2, 0.25) is 5.02 Å². The summed E-state index contributed by atoms with van der Waals surface area (Å²) >= 11 is 6.00. The van der Waals surface area contributed by atoms with Crippen LogP contribution in [0.15, 0.2) is 54.9 Å². The zero-order valence-corrected chi connectivity index (χ0v) is 20.2. The van der Waals surface area contributed by atoms with E-state index in [2.05, 4.69) is 10.3 Å². The van der Waals surface area contributed by atoms with E-state index in [1.54, 1.807) is 36.5 Å². The molecule has 1 N–H and O–H groups in total. The first-order valence-corrected chi connectivity index (χ1v) is 12.0. The first kappa shape index (κ1) is 23.4. The Morgan fingerprint density at radius 1 is 1.14 bits per heavy atom. The Bertz CT molecular complexity index is 1220. The van der Waals surface area contributed by atoms with Gasteiger partial charge in [-0.15, -0.1) is 0 Å². The molecule has 2 aromatic carbocycles. The Morgan fingerprint density at radius 3 is 2.63 bits per heavy atom. The molecule has 2 aliphatic rings. The van der Waals surface area contributed by atoms with Gasteiger partial charge in [0.15, 0.2) is 5.69 Å². The Hall–Kier alpha value is -3.36. The van der Waals surface area contributed by atoms with Gasteiger partial charge in [-0.25, -0.2) is 4.98 Å². The summed E-state index contributed by atoms with van der Waals surface area (Å²) in [4.78, 5) is 32.1. The maximum atomic E-state index is 13.2. The molecule has 9 heteroatoms. The maximum Gasteiger partial charge on any atom is 0.274 e. The lowest BCUT2D eigenvalue weighted by molar-refractivity contribution is -0.121. The summed E-state index contributed by atoms with van der Waals surface area (Å²) in [5.74, 6) is 0.490. The third-order valence-electron chi connectivity index (χ3n) is 6.67. The number of nitrogens with one attached hydrogen (secondary N) is 1. The Labute approximate surface area is 208 Å². The molecule has 0 aliphatic carbocycles. The number of aromatic nitrogens is 2. The number of amides is 2. The van der Waals surface area contributed by atoms with Gasteiger partial charge in [0.1, 0.15) is 11.9 Å². The Kier molecular flexibility index (Phi) is 6.74. The molecular weight excluding hydrogens is 468 g/mol. The third kappa shape index (κ3) is 5.04.